The Morgan fingerprint density at radius 1 is 1.08 bits per heavy atom. The van der Waals surface area contributed by atoms with Crippen molar-refractivity contribution >= 4 is 5.97 Å². The lowest BCUT2D eigenvalue weighted by Gasteiger charge is -2.31. The van der Waals surface area contributed by atoms with Crippen molar-refractivity contribution in [3.63, 3.8) is 0 Å². The average Bonchev–Trinajstić information content (AvgIpc) is 2.55. The number of ether oxygens (including phenoxy) is 1. The van der Waals surface area contributed by atoms with Gasteiger partial charge in [0.05, 0.1) is 12.2 Å². The maximum atomic E-state index is 13.5. The number of rotatable bonds is 5. The van der Waals surface area contributed by atoms with Crippen molar-refractivity contribution in [1.82, 2.24) is 0 Å². The van der Waals surface area contributed by atoms with Gasteiger partial charge in [-0.1, -0.05) is 42.5 Å². The maximum Gasteiger partial charge on any atom is 0.421 e. The molecule has 6 heteroatoms. The molecule has 0 aliphatic carbocycles. The van der Waals surface area contributed by atoms with Crippen LogP contribution in [0.25, 0.3) is 0 Å². The number of carbonyl (C=O) groups is 1. The zero-order valence-corrected chi connectivity index (χ0v) is 13.0. The molecule has 1 atom stereocenters. The van der Waals surface area contributed by atoms with Gasteiger partial charge in [0.15, 0.2) is 5.60 Å². The largest absolute Gasteiger partial charge is 0.462 e. The fourth-order valence-electron chi connectivity index (χ4n) is 2.40. The number of esters is 1. The summed E-state index contributed by atoms with van der Waals surface area (Å²) in [6, 6.07) is 12.5. The third-order valence-electron chi connectivity index (χ3n) is 3.62. The molecule has 128 valence electrons. The van der Waals surface area contributed by atoms with Crippen LogP contribution in [0.1, 0.15) is 28.4 Å². The Morgan fingerprint density at radius 3 is 2.33 bits per heavy atom. The van der Waals surface area contributed by atoms with Crippen LogP contribution in [0, 0.1) is 0 Å². The highest BCUT2D eigenvalue weighted by Crippen LogP contribution is 2.41. The highest BCUT2D eigenvalue weighted by molar-refractivity contribution is 5.89. The Kier molecular flexibility index (Phi) is 5.29. The molecule has 1 unspecified atom stereocenters. The fourth-order valence-corrected chi connectivity index (χ4v) is 2.40. The van der Waals surface area contributed by atoms with Crippen LogP contribution in [-0.4, -0.2) is 23.9 Å². The molecule has 0 radical (unpaired) electrons. The summed E-state index contributed by atoms with van der Waals surface area (Å²) in [4.78, 5) is 11.7. The summed E-state index contributed by atoms with van der Waals surface area (Å²) in [5.74, 6) is -0.616. The van der Waals surface area contributed by atoms with Gasteiger partial charge < -0.3 is 9.84 Å². The van der Waals surface area contributed by atoms with Crippen LogP contribution in [-0.2, 0) is 16.8 Å². The summed E-state index contributed by atoms with van der Waals surface area (Å²) >= 11 is 0. The highest BCUT2D eigenvalue weighted by Gasteiger charge is 2.54. The predicted octanol–water partition coefficient (Wildman–Crippen LogP) is 3.86. The van der Waals surface area contributed by atoms with Crippen LogP contribution in [0.2, 0.25) is 0 Å². The van der Waals surface area contributed by atoms with Gasteiger partial charge in [-0.05, 0) is 30.2 Å². The zero-order chi connectivity index (χ0) is 17.8. The first kappa shape index (κ1) is 18.0. The minimum atomic E-state index is -4.87. The van der Waals surface area contributed by atoms with Gasteiger partial charge in [-0.3, -0.25) is 0 Å². The lowest BCUT2D eigenvalue weighted by Crippen LogP contribution is -2.44. The predicted molar refractivity (Wildman–Crippen MR) is 82.5 cm³/mol. The SMILES string of the molecule is CCOC(=O)c1cccc(CC(O)(c2ccccc2)C(F)(F)F)c1. The first-order valence-corrected chi connectivity index (χ1v) is 7.38. The maximum absolute atomic E-state index is 13.5. The van der Waals surface area contributed by atoms with E-state index < -0.39 is 24.2 Å². The molecule has 0 saturated carbocycles. The number of alkyl halides is 3. The van der Waals surface area contributed by atoms with Crippen LogP contribution in [0.15, 0.2) is 54.6 Å². The van der Waals surface area contributed by atoms with Crippen LogP contribution in [0.5, 0.6) is 0 Å². The molecule has 0 spiro atoms. The van der Waals surface area contributed by atoms with Crippen molar-refractivity contribution in [1.29, 1.82) is 0 Å². The molecule has 0 aliphatic heterocycles. The Morgan fingerprint density at radius 2 is 1.75 bits per heavy atom. The second kappa shape index (κ2) is 7.05. The standard InChI is InChI=1S/C18H17F3O3/c1-2-24-16(22)14-8-6-7-13(11-14)12-17(23,18(19,20)21)15-9-4-3-5-10-15/h3-11,23H,2,12H2,1H3. The number of benzene rings is 2. The lowest BCUT2D eigenvalue weighted by atomic mass is 9.86. The number of hydrogen-bond donors (Lipinski definition) is 1. The molecular formula is C18H17F3O3. The van der Waals surface area contributed by atoms with Crippen LogP contribution in [0.4, 0.5) is 13.2 Å². The molecule has 2 aromatic carbocycles. The summed E-state index contributed by atoms with van der Waals surface area (Å²) in [5, 5.41) is 10.4. The van der Waals surface area contributed by atoms with E-state index in [1.807, 2.05) is 0 Å². The molecule has 1 N–H and O–H groups in total. The van der Waals surface area contributed by atoms with Gasteiger partial charge in [0.1, 0.15) is 0 Å². The summed E-state index contributed by atoms with van der Waals surface area (Å²) in [7, 11) is 0. The summed E-state index contributed by atoms with van der Waals surface area (Å²) in [5.41, 5.74) is -2.96. The normalized spacial score (nSPS) is 14.0. The monoisotopic (exact) mass is 338 g/mol. The van der Waals surface area contributed by atoms with Gasteiger partial charge in [-0.25, -0.2) is 4.79 Å². The smallest absolute Gasteiger partial charge is 0.421 e. The second-order valence-corrected chi connectivity index (χ2v) is 5.32. The highest BCUT2D eigenvalue weighted by atomic mass is 19.4. The molecule has 0 bridgehead atoms. The van der Waals surface area contributed by atoms with Crippen molar-refractivity contribution in [2.24, 2.45) is 0 Å². The van der Waals surface area contributed by atoms with E-state index in [-0.39, 0.29) is 23.3 Å². The Balaban J connectivity index is 2.38. The van der Waals surface area contributed by atoms with Gasteiger partial charge in [0.2, 0.25) is 0 Å². The Bertz CT molecular complexity index is 698. The van der Waals surface area contributed by atoms with E-state index in [1.54, 1.807) is 13.0 Å². The first-order valence-electron chi connectivity index (χ1n) is 7.38. The minimum Gasteiger partial charge on any atom is -0.462 e. The van der Waals surface area contributed by atoms with Crippen molar-refractivity contribution < 1.29 is 27.8 Å². The topological polar surface area (TPSA) is 46.5 Å². The van der Waals surface area contributed by atoms with E-state index in [0.717, 1.165) is 0 Å². The number of carbonyl (C=O) groups excluding carboxylic acids is 1. The van der Waals surface area contributed by atoms with Crippen molar-refractivity contribution in [3.05, 3.63) is 71.3 Å². The Labute approximate surface area is 137 Å². The molecule has 0 saturated heterocycles. The molecule has 2 rings (SSSR count). The Hall–Kier alpha value is -2.34. The minimum absolute atomic E-state index is 0.145. The number of aliphatic hydroxyl groups is 1. The molecule has 24 heavy (non-hydrogen) atoms. The molecular weight excluding hydrogens is 321 g/mol. The molecule has 2 aromatic rings. The van der Waals surface area contributed by atoms with E-state index in [1.165, 1.54) is 48.5 Å². The fraction of sp³-hybridized carbons (Fsp3) is 0.278. The number of halogens is 3. The van der Waals surface area contributed by atoms with Gasteiger partial charge in [0.25, 0.3) is 0 Å². The second-order valence-electron chi connectivity index (χ2n) is 5.32. The quantitative estimate of drug-likeness (QED) is 0.842. The molecule has 0 aromatic heterocycles. The zero-order valence-electron chi connectivity index (χ0n) is 13.0. The molecule has 0 fully saturated rings. The molecule has 3 nitrogen and oxygen atoms in total. The van der Waals surface area contributed by atoms with E-state index in [2.05, 4.69) is 0 Å². The molecule has 0 heterocycles. The van der Waals surface area contributed by atoms with Gasteiger partial charge in [-0.2, -0.15) is 13.2 Å². The average molecular weight is 338 g/mol. The third-order valence-corrected chi connectivity index (χ3v) is 3.62. The van der Waals surface area contributed by atoms with E-state index >= 15 is 0 Å². The number of hydrogen-bond acceptors (Lipinski definition) is 3. The summed E-state index contributed by atoms with van der Waals surface area (Å²) in [6.45, 7) is 1.80. The van der Waals surface area contributed by atoms with Gasteiger partial charge in [0, 0.05) is 6.42 Å². The van der Waals surface area contributed by atoms with Crippen molar-refractivity contribution in [2.75, 3.05) is 6.61 Å². The van der Waals surface area contributed by atoms with Gasteiger partial charge >= 0.3 is 12.1 Å². The molecule has 0 amide bonds. The van der Waals surface area contributed by atoms with Crippen LogP contribution in [0.3, 0.4) is 0 Å². The van der Waals surface area contributed by atoms with Crippen LogP contribution < -0.4 is 0 Å². The van der Waals surface area contributed by atoms with Crippen LogP contribution >= 0.6 is 0 Å². The first-order chi connectivity index (χ1) is 11.3. The lowest BCUT2D eigenvalue weighted by molar-refractivity contribution is -0.266. The van der Waals surface area contributed by atoms with E-state index in [0.29, 0.717) is 0 Å². The van der Waals surface area contributed by atoms with E-state index in [4.69, 9.17) is 4.74 Å². The summed E-state index contributed by atoms with van der Waals surface area (Å²) < 4.78 is 45.4. The van der Waals surface area contributed by atoms with Crippen molar-refractivity contribution in [3.8, 4) is 0 Å². The third kappa shape index (κ3) is 3.76. The van der Waals surface area contributed by atoms with E-state index in [9.17, 15) is 23.1 Å². The summed E-state index contributed by atoms with van der Waals surface area (Å²) in [6.07, 6.45) is -5.57. The van der Waals surface area contributed by atoms with Crippen molar-refractivity contribution in [2.45, 2.75) is 25.1 Å². The van der Waals surface area contributed by atoms with Gasteiger partial charge in [-0.15, -0.1) is 0 Å². The molecule has 0 aliphatic rings.